The normalized spacial score (nSPS) is 16.3. The van der Waals surface area contributed by atoms with E-state index in [1.807, 2.05) is 0 Å². The van der Waals surface area contributed by atoms with Gasteiger partial charge in [0.15, 0.2) is 0 Å². The van der Waals surface area contributed by atoms with E-state index in [1.54, 1.807) is 0 Å². The summed E-state index contributed by atoms with van der Waals surface area (Å²) in [5, 5.41) is 2.92. The number of nitrogens with one attached hydrogen (secondary N) is 1. The number of esters is 1. The maximum Gasteiger partial charge on any atom is 0.305 e. The van der Waals surface area contributed by atoms with Gasteiger partial charge in [-0.05, 0) is 25.7 Å². The van der Waals surface area contributed by atoms with E-state index >= 15 is 0 Å². The van der Waals surface area contributed by atoms with E-state index in [-0.39, 0.29) is 24.3 Å². The Hall–Kier alpha value is -0.810. The Morgan fingerprint density at radius 1 is 1.15 bits per heavy atom. The van der Waals surface area contributed by atoms with Crippen molar-refractivity contribution >= 4 is 24.3 Å². The van der Waals surface area contributed by atoms with Gasteiger partial charge < -0.3 is 15.8 Å². The molecular formula is C14H27ClN2O3. The van der Waals surface area contributed by atoms with Crippen molar-refractivity contribution in [1.82, 2.24) is 5.32 Å². The van der Waals surface area contributed by atoms with Crippen molar-refractivity contribution in [3.63, 3.8) is 0 Å². The zero-order valence-electron chi connectivity index (χ0n) is 12.3. The Morgan fingerprint density at radius 2 is 1.75 bits per heavy atom. The second kappa shape index (κ2) is 10.00. The van der Waals surface area contributed by atoms with Crippen molar-refractivity contribution < 1.29 is 14.3 Å². The summed E-state index contributed by atoms with van der Waals surface area (Å²) in [6, 6.07) is 0. The van der Waals surface area contributed by atoms with Crippen molar-refractivity contribution in [2.75, 3.05) is 13.7 Å². The van der Waals surface area contributed by atoms with Crippen molar-refractivity contribution in [2.45, 2.75) is 63.3 Å². The van der Waals surface area contributed by atoms with Crippen LogP contribution in [0, 0.1) is 0 Å². The highest BCUT2D eigenvalue weighted by Gasteiger charge is 2.36. The summed E-state index contributed by atoms with van der Waals surface area (Å²) in [6.07, 6.45) is 7.97. The molecule has 0 aromatic carbocycles. The molecule has 118 valence electrons. The van der Waals surface area contributed by atoms with Crippen molar-refractivity contribution in [1.29, 1.82) is 0 Å². The second-order valence-corrected chi connectivity index (χ2v) is 5.36. The van der Waals surface area contributed by atoms with E-state index in [0.29, 0.717) is 13.0 Å². The first kappa shape index (κ1) is 19.2. The van der Waals surface area contributed by atoms with Crippen molar-refractivity contribution in [2.24, 2.45) is 5.73 Å². The standard InChI is InChI=1S/C14H26N2O3.ClH/c1-19-12(17)8-4-2-3-7-11-16-13(18)14(15)9-5-6-10-14;/h2-11,15H2,1H3,(H,16,18);1H. The number of amides is 1. The molecule has 5 nitrogen and oxygen atoms in total. The van der Waals surface area contributed by atoms with Crippen molar-refractivity contribution in [3.8, 4) is 0 Å². The van der Waals surface area contributed by atoms with Crippen LogP contribution in [0.1, 0.15) is 57.8 Å². The monoisotopic (exact) mass is 306 g/mol. The number of hydrogen-bond acceptors (Lipinski definition) is 4. The van der Waals surface area contributed by atoms with Crippen LogP contribution < -0.4 is 11.1 Å². The molecule has 20 heavy (non-hydrogen) atoms. The fourth-order valence-corrected chi connectivity index (χ4v) is 2.46. The van der Waals surface area contributed by atoms with Gasteiger partial charge in [0.1, 0.15) is 0 Å². The highest BCUT2D eigenvalue weighted by atomic mass is 35.5. The third-order valence-corrected chi connectivity index (χ3v) is 3.77. The average Bonchev–Trinajstić information content (AvgIpc) is 2.85. The number of rotatable bonds is 8. The maximum absolute atomic E-state index is 11.9. The lowest BCUT2D eigenvalue weighted by atomic mass is 9.98. The van der Waals surface area contributed by atoms with Crippen LogP contribution in [-0.2, 0) is 14.3 Å². The number of halogens is 1. The van der Waals surface area contributed by atoms with Crippen LogP contribution in [-0.4, -0.2) is 31.1 Å². The summed E-state index contributed by atoms with van der Waals surface area (Å²) >= 11 is 0. The fourth-order valence-electron chi connectivity index (χ4n) is 2.46. The highest BCUT2D eigenvalue weighted by molar-refractivity contribution is 5.86. The summed E-state index contributed by atoms with van der Waals surface area (Å²) < 4.78 is 4.57. The first-order chi connectivity index (χ1) is 9.08. The Labute approximate surface area is 127 Å². The molecule has 1 saturated carbocycles. The predicted octanol–water partition coefficient (Wildman–Crippen LogP) is 1.92. The van der Waals surface area contributed by atoms with E-state index in [0.717, 1.165) is 51.4 Å². The number of ether oxygens (including phenoxy) is 1. The lowest BCUT2D eigenvalue weighted by Gasteiger charge is -2.22. The van der Waals surface area contributed by atoms with E-state index < -0.39 is 5.54 Å². The van der Waals surface area contributed by atoms with E-state index in [4.69, 9.17) is 5.73 Å². The van der Waals surface area contributed by atoms with Gasteiger partial charge in [-0.3, -0.25) is 9.59 Å². The molecule has 6 heteroatoms. The molecule has 0 heterocycles. The van der Waals surface area contributed by atoms with Crippen LogP contribution >= 0.6 is 12.4 Å². The SMILES string of the molecule is COC(=O)CCCCCCNC(=O)C1(N)CCCC1.Cl. The minimum atomic E-state index is -0.620. The number of nitrogens with two attached hydrogens (primary N) is 1. The molecule has 0 unspecified atom stereocenters. The van der Waals surface area contributed by atoms with Gasteiger partial charge in [0.2, 0.25) is 5.91 Å². The second-order valence-electron chi connectivity index (χ2n) is 5.36. The third-order valence-electron chi connectivity index (χ3n) is 3.77. The number of carbonyl (C=O) groups excluding carboxylic acids is 2. The summed E-state index contributed by atoms with van der Waals surface area (Å²) in [7, 11) is 1.41. The molecule has 3 N–H and O–H groups in total. The van der Waals surface area contributed by atoms with Crippen molar-refractivity contribution in [3.05, 3.63) is 0 Å². The van der Waals surface area contributed by atoms with Gasteiger partial charge in [-0.1, -0.05) is 25.7 Å². The molecule has 0 aliphatic heterocycles. The molecule has 0 saturated heterocycles. The molecule has 1 rings (SSSR count). The largest absolute Gasteiger partial charge is 0.469 e. The average molecular weight is 307 g/mol. The lowest BCUT2D eigenvalue weighted by Crippen LogP contribution is -2.52. The first-order valence-electron chi connectivity index (χ1n) is 7.22. The van der Waals surface area contributed by atoms with Crippen LogP contribution in [0.4, 0.5) is 0 Å². The van der Waals surface area contributed by atoms with Gasteiger partial charge in [-0.15, -0.1) is 12.4 Å². The molecule has 0 bridgehead atoms. The minimum Gasteiger partial charge on any atom is -0.469 e. The molecule has 0 aromatic rings. The van der Waals surface area contributed by atoms with E-state index in [9.17, 15) is 9.59 Å². The molecule has 0 aromatic heterocycles. The number of carbonyl (C=O) groups is 2. The quantitative estimate of drug-likeness (QED) is 0.530. The summed E-state index contributed by atoms with van der Waals surface area (Å²) in [5.74, 6) is -0.154. The zero-order chi connectivity index (χ0) is 14.1. The Kier molecular flexibility index (Phi) is 9.59. The molecule has 0 atom stereocenters. The summed E-state index contributed by atoms with van der Waals surface area (Å²) in [4.78, 5) is 22.8. The number of hydrogen-bond donors (Lipinski definition) is 2. The van der Waals surface area contributed by atoms with Crippen LogP contribution in [0.2, 0.25) is 0 Å². The van der Waals surface area contributed by atoms with Gasteiger partial charge >= 0.3 is 5.97 Å². The van der Waals surface area contributed by atoms with E-state index in [2.05, 4.69) is 10.1 Å². The molecule has 1 aliphatic rings. The third kappa shape index (κ3) is 6.57. The van der Waals surface area contributed by atoms with Gasteiger partial charge in [-0.2, -0.15) is 0 Å². The Bertz CT molecular complexity index is 305. The number of methoxy groups -OCH3 is 1. The molecular weight excluding hydrogens is 280 g/mol. The van der Waals surface area contributed by atoms with Gasteiger partial charge in [0.05, 0.1) is 12.6 Å². The molecule has 1 aliphatic carbocycles. The maximum atomic E-state index is 11.9. The minimum absolute atomic E-state index is 0. The van der Waals surface area contributed by atoms with Gasteiger partial charge in [0, 0.05) is 13.0 Å². The lowest BCUT2D eigenvalue weighted by molar-refractivity contribution is -0.140. The summed E-state index contributed by atoms with van der Waals surface area (Å²) in [6.45, 7) is 0.677. The fraction of sp³-hybridized carbons (Fsp3) is 0.857. The van der Waals surface area contributed by atoms with Crippen LogP contribution in [0.3, 0.4) is 0 Å². The smallest absolute Gasteiger partial charge is 0.305 e. The molecule has 1 amide bonds. The Morgan fingerprint density at radius 3 is 2.35 bits per heavy atom. The summed E-state index contributed by atoms with van der Waals surface area (Å²) in [5.41, 5.74) is 5.43. The highest BCUT2D eigenvalue weighted by Crippen LogP contribution is 2.27. The number of unbranched alkanes of at least 4 members (excludes halogenated alkanes) is 3. The molecule has 0 spiro atoms. The van der Waals surface area contributed by atoms with Crippen LogP contribution in [0.15, 0.2) is 0 Å². The van der Waals surface area contributed by atoms with Gasteiger partial charge in [-0.25, -0.2) is 0 Å². The Balaban J connectivity index is 0.00000361. The van der Waals surface area contributed by atoms with Crippen LogP contribution in [0.25, 0.3) is 0 Å². The predicted molar refractivity (Wildman–Crippen MR) is 80.7 cm³/mol. The first-order valence-corrected chi connectivity index (χ1v) is 7.22. The molecule has 0 radical (unpaired) electrons. The van der Waals surface area contributed by atoms with E-state index in [1.165, 1.54) is 7.11 Å². The van der Waals surface area contributed by atoms with Crippen LogP contribution in [0.5, 0.6) is 0 Å². The zero-order valence-corrected chi connectivity index (χ0v) is 13.1. The van der Waals surface area contributed by atoms with Gasteiger partial charge in [0.25, 0.3) is 0 Å². The molecule has 1 fully saturated rings. The topological polar surface area (TPSA) is 81.4 Å².